The molecule has 140 valence electrons. The van der Waals surface area contributed by atoms with Gasteiger partial charge in [-0.25, -0.2) is 13.1 Å². The monoisotopic (exact) mass is 389 g/mol. The fourth-order valence-corrected chi connectivity index (χ4v) is 3.79. The summed E-state index contributed by atoms with van der Waals surface area (Å²) in [6, 6.07) is 8.68. The van der Waals surface area contributed by atoms with Crippen molar-refractivity contribution in [3.05, 3.63) is 48.0 Å². The van der Waals surface area contributed by atoms with Crippen LogP contribution in [0, 0.1) is 0 Å². The highest BCUT2D eigenvalue weighted by atomic mass is 32.2. The van der Waals surface area contributed by atoms with E-state index in [2.05, 4.69) is 9.46 Å². The van der Waals surface area contributed by atoms with Gasteiger partial charge >= 0.3 is 6.36 Å². The first-order chi connectivity index (χ1) is 12.2. The number of fused-ring (bicyclic) bond motifs is 1. The van der Waals surface area contributed by atoms with Crippen LogP contribution < -0.4 is 18.9 Å². The van der Waals surface area contributed by atoms with Crippen LogP contribution in [0.5, 0.6) is 17.2 Å². The van der Waals surface area contributed by atoms with Gasteiger partial charge in [-0.05, 0) is 36.8 Å². The molecule has 0 radical (unpaired) electrons. The Kier molecular flexibility index (Phi) is 4.72. The third-order valence-corrected chi connectivity index (χ3v) is 5.17. The zero-order chi connectivity index (χ0) is 18.9. The second-order valence-corrected chi connectivity index (χ2v) is 7.13. The lowest BCUT2D eigenvalue weighted by molar-refractivity contribution is -0.275. The Hall–Kier alpha value is -2.46. The van der Waals surface area contributed by atoms with E-state index >= 15 is 0 Å². The molecular weight excluding hydrogens is 375 g/mol. The summed E-state index contributed by atoms with van der Waals surface area (Å²) < 4.78 is 79.1. The van der Waals surface area contributed by atoms with Crippen LogP contribution in [0.25, 0.3) is 0 Å². The molecule has 1 aliphatic rings. The normalized spacial score (nSPS) is 14.9. The number of sulfonamides is 1. The summed E-state index contributed by atoms with van der Waals surface area (Å²) in [4.78, 5) is -0.607. The lowest BCUT2D eigenvalue weighted by Crippen LogP contribution is -2.28. The Morgan fingerprint density at radius 3 is 2.54 bits per heavy atom. The number of rotatable bonds is 5. The molecule has 0 fully saturated rings. The second-order valence-electron chi connectivity index (χ2n) is 5.45. The summed E-state index contributed by atoms with van der Waals surface area (Å²) in [6.07, 6.45) is -5.01. The van der Waals surface area contributed by atoms with Crippen molar-refractivity contribution in [2.75, 3.05) is 6.79 Å². The summed E-state index contributed by atoms with van der Waals surface area (Å²) in [5.41, 5.74) is 0.562. The van der Waals surface area contributed by atoms with Gasteiger partial charge < -0.3 is 14.2 Å². The van der Waals surface area contributed by atoms with Gasteiger partial charge in [0.05, 0.1) is 0 Å². The number of para-hydroxylation sites is 1. The zero-order valence-electron chi connectivity index (χ0n) is 13.4. The zero-order valence-corrected chi connectivity index (χ0v) is 14.2. The van der Waals surface area contributed by atoms with Crippen molar-refractivity contribution in [2.24, 2.45) is 0 Å². The average molecular weight is 389 g/mol. The van der Waals surface area contributed by atoms with Crippen molar-refractivity contribution >= 4 is 10.0 Å². The average Bonchev–Trinajstić information content (AvgIpc) is 3.00. The van der Waals surface area contributed by atoms with Gasteiger partial charge in [-0.1, -0.05) is 18.2 Å². The van der Waals surface area contributed by atoms with Crippen LogP contribution in [0.1, 0.15) is 18.5 Å². The molecule has 0 spiro atoms. The molecule has 0 amide bonds. The summed E-state index contributed by atoms with van der Waals surface area (Å²) in [5.74, 6) is 0.201. The van der Waals surface area contributed by atoms with Gasteiger partial charge in [0.2, 0.25) is 16.8 Å². The number of alkyl halides is 3. The van der Waals surface area contributed by atoms with E-state index in [0.717, 1.165) is 12.1 Å². The first kappa shape index (κ1) is 18.3. The first-order valence-corrected chi connectivity index (χ1v) is 8.91. The van der Waals surface area contributed by atoms with Crippen LogP contribution in [0.2, 0.25) is 0 Å². The van der Waals surface area contributed by atoms with E-state index in [1.807, 2.05) is 0 Å². The molecule has 0 aromatic heterocycles. The minimum absolute atomic E-state index is 0.0705. The highest BCUT2D eigenvalue weighted by Crippen LogP contribution is 2.35. The third-order valence-electron chi connectivity index (χ3n) is 3.59. The minimum atomic E-state index is -5.01. The maximum atomic E-state index is 12.5. The molecule has 0 aliphatic carbocycles. The van der Waals surface area contributed by atoms with Crippen LogP contribution in [-0.2, 0) is 10.0 Å². The predicted octanol–water partition coefficient (Wildman–Crippen LogP) is 3.35. The van der Waals surface area contributed by atoms with Crippen molar-refractivity contribution in [3.63, 3.8) is 0 Å². The quantitative estimate of drug-likeness (QED) is 0.849. The highest BCUT2D eigenvalue weighted by Gasteiger charge is 2.34. The molecule has 1 heterocycles. The van der Waals surface area contributed by atoms with E-state index in [1.165, 1.54) is 12.1 Å². The van der Waals surface area contributed by atoms with E-state index < -0.39 is 33.1 Å². The summed E-state index contributed by atoms with van der Waals surface area (Å²) in [5, 5.41) is 0. The Morgan fingerprint density at radius 1 is 1.12 bits per heavy atom. The number of ether oxygens (including phenoxy) is 3. The lowest BCUT2D eigenvalue weighted by Gasteiger charge is -2.17. The second kappa shape index (κ2) is 6.69. The fourth-order valence-electron chi connectivity index (χ4n) is 2.43. The number of nitrogens with one attached hydrogen (secondary N) is 1. The Morgan fingerprint density at radius 2 is 1.81 bits per heavy atom. The minimum Gasteiger partial charge on any atom is -0.454 e. The maximum absolute atomic E-state index is 12.5. The van der Waals surface area contributed by atoms with Gasteiger partial charge in [0.1, 0.15) is 10.6 Å². The van der Waals surface area contributed by atoms with Crippen molar-refractivity contribution in [3.8, 4) is 17.2 Å². The van der Waals surface area contributed by atoms with E-state index in [1.54, 1.807) is 25.1 Å². The van der Waals surface area contributed by atoms with Gasteiger partial charge in [-0.15, -0.1) is 13.2 Å². The van der Waals surface area contributed by atoms with Gasteiger partial charge in [-0.3, -0.25) is 0 Å². The lowest BCUT2D eigenvalue weighted by atomic mass is 10.1. The molecule has 1 aliphatic heterocycles. The molecule has 26 heavy (non-hydrogen) atoms. The van der Waals surface area contributed by atoms with Crippen LogP contribution in [0.4, 0.5) is 13.2 Å². The van der Waals surface area contributed by atoms with Crippen molar-refractivity contribution in [1.82, 2.24) is 4.72 Å². The van der Waals surface area contributed by atoms with Crippen LogP contribution in [0.15, 0.2) is 47.4 Å². The SMILES string of the molecule is C[C@H](NS(=O)(=O)c1ccccc1OC(F)(F)F)c1ccc2c(c1)OCO2. The van der Waals surface area contributed by atoms with Crippen molar-refractivity contribution in [2.45, 2.75) is 24.2 Å². The molecule has 0 saturated heterocycles. The molecule has 0 bridgehead atoms. The molecule has 10 heteroatoms. The highest BCUT2D eigenvalue weighted by molar-refractivity contribution is 7.89. The molecule has 0 unspecified atom stereocenters. The van der Waals surface area contributed by atoms with E-state index in [4.69, 9.17) is 9.47 Å². The molecule has 3 rings (SSSR count). The summed E-state index contributed by atoms with van der Waals surface area (Å²) in [6.45, 7) is 1.63. The smallest absolute Gasteiger partial charge is 0.454 e. The topological polar surface area (TPSA) is 73.9 Å². The van der Waals surface area contributed by atoms with Crippen LogP contribution in [-0.4, -0.2) is 21.6 Å². The predicted molar refractivity (Wildman–Crippen MR) is 84.4 cm³/mol. The van der Waals surface area contributed by atoms with E-state index in [0.29, 0.717) is 17.1 Å². The Balaban J connectivity index is 1.85. The van der Waals surface area contributed by atoms with Crippen molar-refractivity contribution in [1.29, 1.82) is 0 Å². The Bertz CT molecular complexity index is 914. The number of benzene rings is 2. The molecule has 1 N–H and O–H groups in total. The molecular formula is C16H14F3NO5S. The number of hydrogen-bond acceptors (Lipinski definition) is 5. The molecule has 6 nitrogen and oxygen atoms in total. The molecule has 1 atom stereocenters. The van der Waals surface area contributed by atoms with E-state index in [-0.39, 0.29) is 6.79 Å². The molecule has 2 aromatic rings. The summed E-state index contributed by atoms with van der Waals surface area (Å²) >= 11 is 0. The van der Waals surface area contributed by atoms with Crippen LogP contribution >= 0.6 is 0 Å². The standard InChI is InChI=1S/C16H14F3NO5S/c1-10(11-6-7-12-14(8-11)24-9-23-12)20-26(21,22)15-5-3-2-4-13(15)25-16(17,18)19/h2-8,10,20H,9H2,1H3/t10-/m0/s1. The van der Waals surface area contributed by atoms with Crippen LogP contribution in [0.3, 0.4) is 0 Å². The molecule has 2 aromatic carbocycles. The number of halogens is 3. The van der Waals surface area contributed by atoms with Gasteiger partial charge in [0.25, 0.3) is 0 Å². The third kappa shape index (κ3) is 4.02. The Labute approximate surface area is 147 Å². The van der Waals surface area contributed by atoms with E-state index in [9.17, 15) is 21.6 Å². The molecule has 0 saturated carbocycles. The fraction of sp³-hybridized carbons (Fsp3) is 0.250. The van der Waals surface area contributed by atoms with Gasteiger partial charge in [0, 0.05) is 6.04 Å². The number of hydrogen-bond donors (Lipinski definition) is 1. The first-order valence-electron chi connectivity index (χ1n) is 7.42. The van der Waals surface area contributed by atoms with Gasteiger partial charge in [0.15, 0.2) is 11.5 Å². The largest absolute Gasteiger partial charge is 0.573 e. The summed E-state index contributed by atoms with van der Waals surface area (Å²) in [7, 11) is -4.27. The van der Waals surface area contributed by atoms with Crippen molar-refractivity contribution < 1.29 is 35.8 Å². The maximum Gasteiger partial charge on any atom is 0.573 e. The van der Waals surface area contributed by atoms with Gasteiger partial charge in [-0.2, -0.15) is 0 Å².